The zero-order valence-electron chi connectivity index (χ0n) is 10.1. The SMILES string of the molecule is CNc1ncc(-c2coc(C(N)=O)c2)n2ccnc12. The molecule has 7 nitrogen and oxygen atoms in total. The molecule has 19 heavy (non-hydrogen) atoms. The van der Waals surface area contributed by atoms with Crippen LogP contribution in [0.25, 0.3) is 16.9 Å². The number of hydrogen-bond acceptors (Lipinski definition) is 5. The lowest BCUT2D eigenvalue weighted by Crippen LogP contribution is -2.09. The molecule has 0 saturated carbocycles. The van der Waals surface area contributed by atoms with Crippen LogP contribution in [0.1, 0.15) is 10.6 Å². The van der Waals surface area contributed by atoms with Crippen molar-refractivity contribution < 1.29 is 9.21 Å². The number of imidazole rings is 1. The zero-order valence-corrected chi connectivity index (χ0v) is 10.1. The van der Waals surface area contributed by atoms with Crippen LogP contribution in [0.4, 0.5) is 5.82 Å². The maximum Gasteiger partial charge on any atom is 0.284 e. The molecule has 3 N–H and O–H groups in total. The van der Waals surface area contributed by atoms with Gasteiger partial charge in [0.2, 0.25) is 0 Å². The van der Waals surface area contributed by atoms with Crippen molar-refractivity contribution in [1.82, 2.24) is 14.4 Å². The van der Waals surface area contributed by atoms with Crippen LogP contribution in [0, 0.1) is 0 Å². The second kappa shape index (κ2) is 4.13. The fourth-order valence-corrected chi connectivity index (χ4v) is 1.91. The number of amides is 1. The van der Waals surface area contributed by atoms with Gasteiger partial charge in [-0.05, 0) is 6.07 Å². The van der Waals surface area contributed by atoms with Gasteiger partial charge in [0, 0.05) is 25.0 Å². The first-order valence-corrected chi connectivity index (χ1v) is 5.59. The average Bonchev–Trinajstić information content (AvgIpc) is 3.06. The summed E-state index contributed by atoms with van der Waals surface area (Å²) in [7, 11) is 1.78. The van der Waals surface area contributed by atoms with Gasteiger partial charge >= 0.3 is 0 Å². The second-order valence-electron chi connectivity index (χ2n) is 3.93. The molecular weight excluding hydrogens is 246 g/mol. The molecule has 0 saturated heterocycles. The Morgan fingerprint density at radius 2 is 2.32 bits per heavy atom. The molecule has 0 atom stereocenters. The number of primary amides is 1. The fraction of sp³-hybridized carbons (Fsp3) is 0.0833. The number of carbonyl (C=O) groups excluding carboxylic acids is 1. The Hall–Kier alpha value is -2.83. The van der Waals surface area contributed by atoms with E-state index in [4.69, 9.17) is 10.2 Å². The van der Waals surface area contributed by atoms with Crippen LogP contribution in [-0.2, 0) is 0 Å². The molecule has 96 valence electrons. The Balaban J connectivity index is 2.19. The molecule has 0 aliphatic heterocycles. The molecule has 0 aliphatic carbocycles. The Morgan fingerprint density at radius 1 is 1.47 bits per heavy atom. The highest BCUT2D eigenvalue weighted by molar-refractivity contribution is 5.91. The number of anilines is 1. The van der Waals surface area contributed by atoms with Crippen molar-refractivity contribution in [3.05, 3.63) is 36.7 Å². The first-order chi connectivity index (χ1) is 9.20. The highest BCUT2D eigenvalue weighted by Crippen LogP contribution is 2.24. The summed E-state index contributed by atoms with van der Waals surface area (Å²) in [4.78, 5) is 19.6. The van der Waals surface area contributed by atoms with Crippen LogP contribution in [0.15, 0.2) is 35.3 Å². The third kappa shape index (κ3) is 1.71. The Morgan fingerprint density at radius 3 is 3.00 bits per heavy atom. The molecule has 0 aromatic carbocycles. The standard InChI is InChI=1S/C12H11N5O2/c1-14-11-12-15-2-3-17(12)8(5-16-11)7-4-9(10(13)18)19-6-7/h2-6H,1H3,(H2,13,18)(H,14,16). The highest BCUT2D eigenvalue weighted by atomic mass is 16.3. The monoisotopic (exact) mass is 257 g/mol. The topological polar surface area (TPSA) is 98.5 Å². The van der Waals surface area contributed by atoms with E-state index in [0.29, 0.717) is 17.0 Å². The van der Waals surface area contributed by atoms with Crippen LogP contribution in [0.2, 0.25) is 0 Å². The lowest BCUT2D eigenvalue weighted by molar-refractivity contribution is 0.0974. The molecule has 1 amide bonds. The summed E-state index contributed by atoms with van der Waals surface area (Å²) in [6, 6.07) is 1.58. The van der Waals surface area contributed by atoms with Crippen LogP contribution in [-0.4, -0.2) is 27.3 Å². The minimum atomic E-state index is -0.604. The third-order valence-corrected chi connectivity index (χ3v) is 2.80. The average molecular weight is 257 g/mol. The molecular formula is C12H11N5O2. The van der Waals surface area contributed by atoms with Crippen molar-refractivity contribution in [2.24, 2.45) is 5.73 Å². The predicted octanol–water partition coefficient (Wildman–Crippen LogP) is 1.13. The van der Waals surface area contributed by atoms with Crippen molar-refractivity contribution in [1.29, 1.82) is 0 Å². The molecule has 0 spiro atoms. The van der Waals surface area contributed by atoms with Crippen molar-refractivity contribution in [3.63, 3.8) is 0 Å². The third-order valence-electron chi connectivity index (χ3n) is 2.80. The van der Waals surface area contributed by atoms with Crippen LogP contribution in [0.5, 0.6) is 0 Å². The molecule has 0 aliphatic rings. The van der Waals surface area contributed by atoms with E-state index in [1.165, 1.54) is 6.26 Å². The van der Waals surface area contributed by atoms with Gasteiger partial charge in [-0.3, -0.25) is 9.20 Å². The summed E-state index contributed by atoms with van der Waals surface area (Å²) in [6.07, 6.45) is 6.63. The lowest BCUT2D eigenvalue weighted by Gasteiger charge is -2.06. The van der Waals surface area contributed by atoms with Crippen LogP contribution in [0.3, 0.4) is 0 Å². The molecule has 0 unspecified atom stereocenters. The van der Waals surface area contributed by atoms with E-state index in [9.17, 15) is 4.79 Å². The number of nitrogens with zero attached hydrogens (tertiary/aromatic N) is 3. The van der Waals surface area contributed by atoms with E-state index >= 15 is 0 Å². The van der Waals surface area contributed by atoms with E-state index in [1.807, 2.05) is 10.6 Å². The maximum absolute atomic E-state index is 11.0. The van der Waals surface area contributed by atoms with E-state index in [0.717, 1.165) is 5.69 Å². The van der Waals surface area contributed by atoms with Gasteiger partial charge in [-0.2, -0.15) is 0 Å². The van der Waals surface area contributed by atoms with Gasteiger partial charge in [0.15, 0.2) is 17.2 Å². The molecule has 3 rings (SSSR count). The van der Waals surface area contributed by atoms with Gasteiger partial charge in [0.25, 0.3) is 5.91 Å². The minimum absolute atomic E-state index is 0.112. The smallest absolute Gasteiger partial charge is 0.284 e. The van der Waals surface area contributed by atoms with Crippen molar-refractivity contribution in [3.8, 4) is 11.3 Å². The number of rotatable bonds is 3. The van der Waals surface area contributed by atoms with Gasteiger partial charge < -0.3 is 15.5 Å². The molecule has 3 heterocycles. The van der Waals surface area contributed by atoms with Crippen molar-refractivity contribution in [2.45, 2.75) is 0 Å². The Kier molecular flexibility index (Phi) is 2.45. The number of nitrogens with two attached hydrogens (primary N) is 1. The minimum Gasteiger partial charge on any atom is -0.458 e. The zero-order chi connectivity index (χ0) is 13.4. The van der Waals surface area contributed by atoms with Gasteiger partial charge in [-0.25, -0.2) is 9.97 Å². The van der Waals surface area contributed by atoms with Gasteiger partial charge in [0.05, 0.1) is 11.9 Å². The van der Waals surface area contributed by atoms with E-state index in [1.54, 1.807) is 25.5 Å². The molecule has 0 fully saturated rings. The van der Waals surface area contributed by atoms with E-state index < -0.39 is 5.91 Å². The first kappa shape index (κ1) is 11.3. The molecule has 3 aromatic rings. The number of furan rings is 1. The largest absolute Gasteiger partial charge is 0.458 e. The Bertz CT molecular complexity index is 758. The first-order valence-electron chi connectivity index (χ1n) is 5.59. The highest BCUT2D eigenvalue weighted by Gasteiger charge is 2.13. The van der Waals surface area contributed by atoms with Crippen LogP contribution < -0.4 is 11.1 Å². The summed E-state index contributed by atoms with van der Waals surface area (Å²) in [5, 5.41) is 2.97. The summed E-state index contributed by atoms with van der Waals surface area (Å²) < 4.78 is 6.97. The Labute approximate surface area is 108 Å². The summed E-state index contributed by atoms with van der Waals surface area (Å²) in [6.45, 7) is 0. The maximum atomic E-state index is 11.0. The van der Waals surface area contributed by atoms with Crippen LogP contribution >= 0.6 is 0 Å². The van der Waals surface area contributed by atoms with E-state index in [2.05, 4.69) is 15.3 Å². The molecule has 3 aromatic heterocycles. The number of aromatic nitrogens is 3. The van der Waals surface area contributed by atoms with E-state index in [-0.39, 0.29) is 5.76 Å². The molecule has 7 heteroatoms. The lowest BCUT2D eigenvalue weighted by atomic mass is 10.2. The number of fused-ring (bicyclic) bond motifs is 1. The summed E-state index contributed by atoms with van der Waals surface area (Å²) >= 11 is 0. The normalized spacial score (nSPS) is 10.8. The number of hydrogen-bond donors (Lipinski definition) is 2. The van der Waals surface area contributed by atoms with Crippen molar-refractivity contribution >= 4 is 17.4 Å². The molecule has 0 radical (unpaired) electrons. The second-order valence-corrected chi connectivity index (χ2v) is 3.93. The van der Waals surface area contributed by atoms with Crippen molar-refractivity contribution in [2.75, 3.05) is 12.4 Å². The molecule has 0 bridgehead atoms. The van der Waals surface area contributed by atoms with Gasteiger partial charge in [-0.1, -0.05) is 0 Å². The van der Waals surface area contributed by atoms with Gasteiger partial charge in [0.1, 0.15) is 6.26 Å². The number of carbonyl (C=O) groups is 1. The number of nitrogens with one attached hydrogen (secondary N) is 1. The predicted molar refractivity (Wildman–Crippen MR) is 68.8 cm³/mol. The summed E-state index contributed by atoms with van der Waals surface area (Å²) in [5.74, 6) is 0.182. The summed E-state index contributed by atoms with van der Waals surface area (Å²) in [5.41, 5.74) is 7.34. The van der Waals surface area contributed by atoms with Gasteiger partial charge in [-0.15, -0.1) is 0 Å². The fourth-order valence-electron chi connectivity index (χ4n) is 1.91. The quantitative estimate of drug-likeness (QED) is 0.732.